The lowest BCUT2D eigenvalue weighted by Crippen LogP contribution is -2.47. The zero-order valence-corrected chi connectivity index (χ0v) is 16.9. The number of nitrogens with zero attached hydrogens (tertiary/aromatic N) is 4. The molecule has 158 valence electrons. The number of hydrogen-bond acceptors (Lipinski definition) is 6. The van der Waals surface area contributed by atoms with Crippen LogP contribution in [0, 0.1) is 23.7 Å². The smallest absolute Gasteiger partial charge is 0.307 e. The number of carbonyl (C=O) groups excluding carboxylic acids is 1. The minimum atomic E-state index is -0.794. The van der Waals surface area contributed by atoms with Crippen LogP contribution in [0.1, 0.15) is 32.1 Å². The van der Waals surface area contributed by atoms with Gasteiger partial charge in [-0.3, -0.25) is 14.5 Å². The van der Waals surface area contributed by atoms with Gasteiger partial charge in [-0.15, -0.1) is 0 Å². The number of aliphatic carboxylic acids is 1. The lowest BCUT2D eigenvalue weighted by molar-refractivity contribution is -0.149. The number of fused-ring (bicyclic) bond motifs is 2. The summed E-state index contributed by atoms with van der Waals surface area (Å²) >= 11 is 0. The van der Waals surface area contributed by atoms with E-state index in [2.05, 4.69) is 25.1 Å². The lowest BCUT2D eigenvalue weighted by Gasteiger charge is -2.34. The van der Waals surface area contributed by atoms with Crippen LogP contribution in [0.4, 0.5) is 5.95 Å². The fourth-order valence-electron chi connectivity index (χ4n) is 5.44. The first-order valence-corrected chi connectivity index (χ1v) is 10.9. The van der Waals surface area contributed by atoms with E-state index in [0.29, 0.717) is 6.54 Å². The maximum absolute atomic E-state index is 12.6. The maximum Gasteiger partial charge on any atom is 0.307 e. The summed E-state index contributed by atoms with van der Waals surface area (Å²) in [6, 6.07) is 1.83. The fourth-order valence-corrected chi connectivity index (χ4v) is 5.44. The van der Waals surface area contributed by atoms with Crippen LogP contribution >= 0.6 is 0 Å². The predicted octanol–water partition coefficient (Wildman–Crippen LogP) is 1.24. The van der Waals surface area contributed by atoms with Crippen LogP contribution < -0.4 is 10.2 Å². The van der Waals surface area contributed by atoms with Crippen LogP contribution in [0.5, 0.6) is 0 Å². The standard InChI is InChI=1S/C21H31N5O3/c27-19(17-15-4-5-16(14-15)18(17)20(28)29)22-6-1-2-9-25-10-12-26(13-11-25)21-23-7-3-8-24-21/h3,7-8,15-18H,1-2,4-6,9-14H2,(H,22,27)(H,28,29)/t15-,16+,17+,18-/m0/s1. The van der Waals surface area contributed by atoms with Gasteiger partial charge in [-0.1, -0.05) is 0 Å². The first-order valence-electron chi connectivity index (χ1n) is 10.9. The van der Waals surface area contributed by atoms with Gasteiger partial charge in [0.05, 0.1) is 11.8 Å². The Bertz CT molecular complexity index is 708. The number of unbranched alkanes of at least 4 members (excludes halogenated alkanes) is 1. The number of piperazine rings is 1. The van der Waals surface area contributed by atoms with Crippen molar-refractivity contribution in [3.05, 3.63) is 18.5 Å². The Kier molecular flexibility index (Phi) is 6.28. The minimum absolute atomic E-state index is 0.0407. The molecule has 3 aliphatic rings. The summed E-state index contributed by atoms with van der Waals surface area (Å²) in [5.74, 6) is -0.356. The third kappa shape index (κ3) is 4.52. The Morgan fingerprint density at radius 3 is 2.41 bits per heavy atom. The molecule has 2 saturated carbocycles. The van der Waals surface area contributed by atoms with Crippen molar-refractivity contribution in [3.8, 4) is 0 Å². The highest BCUT2D eigenvalue weighted by Crippen LogP contribution is 2.52. The summed E-state index contributed by atoms with van der Waals surface area (Å²) in [5, 5.41) is 12.5. The molecule has 8 heteroatoms. The van der Waals surface area contributed by atoms with Crippen molar-refractivity contribution in [2.45, 2.75) is 32.1 Å². The van der Waals surface area contributed by atoms with Gasteiger partial charge in [0.15, 0.2) is 0 Å². The second-order valence-electron chi connectivity index (χ2n) is 8.60. The summed E-state index contributed by atoms with van der Waals surface area (Å²) < 4.78 is 0. The third-order valence-electron chi connectivity index (χ3n) is 6.91. The molecule has 0 aromatic carbocycles. The van der Waals surface area contributed by atoms with Gasteiger partial charge in [-0.25, -0.2) is 9.97 Å². The van der Waals surface area contributed by atoms with Gasteiger partial charge in [0.2, 0.25) is 11.9 Å². The van der Waals surface area contributed by atoms with E-state index < -0.39 is 11.9 Å². The van der Waals surface area contributed by atoms with Crippen LogP contribution in [0.15, 0.2) is 18.5 Å². The number of carbonyl (C=O) groups is 2. The van der Waals surface area contributed by atoms with Gasteiger partial charge in [0.25, 0.3) is 0 Å². The van der Waals surface area contributed by atoms with E-state index in [1.807, 2.05) is 6.07 Å². The number of aromatic nitrogens is 2. The molecule has 4 atom stereocenters. The van der Waals surface area contributed by atoms with Crippen LogP contribution in [0.3, 0.4) is 0 Å². The van der Waals surface area contributed by atoms with Gasteiger partial charge < -0.3 is 15.3 Å². The fraction of sp³-hybridized carbons (Fsp3) is 0.714. The molecule has 0 radical (unpaired) electrons. The van der Waals surface area contributed by atoms with E-state index in [0.717, 1.165) is 70.8 Å². The van der Waals surface area contributed by atoms with Crippen molar-refractivity contribution < 1.29 is 14.7 Å². The number of rotatable bonds is 8. The highest BCUT2D eigenvalue weighted by molar-refractivity contribution is 5.86. The highest BCUT2D eigenvalue weighted by atomic mass is 16.4. The van der Waals surface area contributed by atoms with Crippen molar-refractivity contribution in [2.75, 3.05) is 44.2 Å². The van der Waals surface area contributed by atoms with Crippen molar-refractivity contribution in [1.29, 1.82) is 0 Å². The molecule has 1 saturated heterocycles. The Morgan fingerprint density at radius 2 is 1.72 bits per heavy atom. The molecule has 2 N–H and O–H groups in total. The average Bonchev–Trinajstić information content (AvgIpc) is 3.36. The molecule has 2 aliphatic carbocycles. The monoisotopic (exact) mass is 401 g/mol. The molecule has 8 nitrogen and oxygen atoms in total. The highest BCUT2D eigenvalue weighted by Gasteiger charge is 2.53. The predicted molar refractivity (Wildman–Crippen MR) is 108 cm³/mol. The molecular weight excluding hydrogens is 370 g/mol. The van der Waals surface area contributed by atoms with Gasteiger partial charge in [-0.05, 0) is 56.6 Å². The van der Waals surface area contributed by atoms with E-state index in [1.165, 1.54) is 0 Å². The minimum Gasteiger partial charge on any atom is -0.481 e. The summed E-state index contributed by atoms with van der Waals surface area (Å²) in [7, 11) is 0. The molecule has 2 heterocycles. The first kappa shape index (κ1) is 20.1. The molecule has 2 bridgehead atoms. The molecule has 1 aromatic rings. The van der Waals surface area contributed by atoms with Gasteiger partial charge in [0, 0.05) is 45.1 Å². The second kappa shape index (κ2) is 9.07. The van der Waals surface area contributed by atoms with Crippen LogP contribution in [-0.4, -0.2) is 71.1 Å². The molecule has 0 spiro atoms. The number of nitrogens with one attached hydrogen (secondary N) is 1. The normalized spacial score (nSPS) is 29.2. The average molecular weight is 402 g/mol. The molecule has 1 aliphatic heterocycles. The van der Waals surface area contributed by atoms with Crippen molar-refractivity contribution in [2.24, 2.45) is 23.7 Å². The van der Waals surface area contributed by atoms with E-state index in [1.54, 1.807) is 12.4 Å². The van der Waals surface area contributed by atoms with Crippen LogP contribution in [0.25, 0.3) is 0 Å². The summed E-state index contributed by atoms with van der Waals surface area (Å²) in [4.78, 5) is 37.4. The van der Waals surface area contributed by atoms with Gasteiger partial charge in [0.1, 0.15) is 0 Å². The number of anilines is 1. The zero-order valence-electron chi connectivity index (χ0n) is 16.9. The molecule has 3 fully saturated rings. The van der Waals surface area contributed by atoms with Crippen molar-refractivity contribution in [1.82, 2.24) is 20.2 Å². The quantitative estimate of drug-likeness (QED) is 0.633. The molecule has 0 unspecified atom stereocenters. The van der Waals surface area contributed by atoms with Crippen molar-refractivity contribution in [3.63, 3.8) is 0 Å². The Labute approximate surface area is 171 Å². The Hall–Kier alpha value is -2.22. The topological polar surface area (TPSA) is 98.7 Å². The van der Waals surface area contributed by atoms with E-state index in [4.69, 9.17) is 0 Å². The number of carboxylic acid groups (broad SMARTS) is 1. The van der Waals surface area contributed by atoms with Gasteiger partial charge in [-0.2, -0.15) is 0 Å². The summed E-state index contributed by atoms with van der Waals surface area (Å²) in [6.45, 7) is 5.51. The maximum atomic E-state index is 12.6. The summed E-state index contributed by atoms with van der Waals surface area (Å²) in [6.07, 6.45) is 8.39. The number of amides is 1. The second-order valence-corrected chi connectivity index (χ2v) is 8.60. The Balaban J connectivity index is 1.12. The number of carboxylic acids is 1. The molecule has 1 aromatic heterocycles. The molecule has 1 amide bonds. The van der Waals surface area contributed by atoms with Gasteiger partial charge >= 0.3 is 5.97 Å². The SMILES string of the molecule is O=C(NCCCCN1CCN(c2ncccn2)CC1)[C@@H]1[C@H]2CC[C@H](C2)[C@@H]1C(=O)O. The van der Waals surface area contributed by atoms with E-state index in [9.17, 15) is 14.7 Å². The molecule has 29 heavy (non-hydrogen) atoms. The number of hydrogen-bond donors (Lipinski definition) is 2. The zero-order chi connectivity index (χ0) is 20.2. The largest absolute Gasteiger partial charge is 0.481 e. The first-order chi connectivity index (χ1) is 14.1. The van der Waals surface area contributed by atoms with E-state index >= 15 is 0 Å². The Morgan fingerprint density at radius 1 is 1.03 bits per heavy atom. The lowest BCUT2D eigenvalue weighted by atomic mass is 9.78. The van der Waals surface area contributed by atoms with E-state index in [-0.39, 0.29) is 23.7 Å². The molecular formula is C21H31N5O3. The van der Waals surface area contributed by atoms with Crippen LogP contribution in [0.2, 0.25) is 0 Å². The summed E-state index contributed by atoms with van der Waals surface area (Å²) in [5.41, 5.74) is 0. The van der Waals surface area contributed by atoms with Crippen LogP contribution in [-0.2, 0) is 9.59 Å². The van der Waals surface area contributed by atoms with Crippen molar-refractivity contribution >= 4 is 17.8 Å². The molecule has 4 rings (SSSR count). The third-order valence-corrected chi connectivity index (χ3v) is 6.91.